The summed E-state index contributed by atoms with van der Waals surface area (Å²) in [5.41, 5.74) is 5.10. The quantitative estimate of drug-likeness (QED) is 0.482. The molecule has 1 amide bonds. The number of furan rings is 1. The van der Waals surface area contributed by atoms with Gasteiger partial charge in [-0.15, -0.1) is 10.2 Å². The van der Waals surface area contributed by atoms with Crippen molar-refractivity contribution < 1.29 is 9.21 Å². The molecular weight excluding hydrogens is 398 g/mol. The summed E-state index contributed by atoms with van der Waals surface area (Å²) in [5.74, 6) is 0.533. The van der Waals surface area contributed by atoms with Crippen LogP contribution in [0, 0.1) is 39.0 Å². The fraction of sp³-hybridized carbons (Fsp3) is 0.273. The Morgan fingerprint density at radius 1 is 1.23 bits per heavy atom. The first-order valence-electron chi connectivity index (χ1n) is 9.53. The molecule has 3 aromatic heterocycles. The van der Waals surface area contributed by atoms with Crippen LogP contribution in [0.3, 0.4) is 0 Å². The predicted molar refractivity (Wildman–Crippen MR) is 117 cm³/mol. The van der Waals surface area contributed by atoms with E-state index >= 15 is 0 Å². The van der Waals surface area contributed by atoms with Crippen LogP contribution < -0.4 is 5.32 Å². The minimum Gasteiger partial charge on any atom is -0.444 e. The Kier molecular flexibility index (Phi) is 5.00. The molecule has 1 atom stereocenters. The van der Waals surface area contributed by atoms with Gasteiger partial charge in [-0.25, -0.2) is 0 Å². The number of nitriles is 1. The number of nitrogens with one attached hydrogen (secondary N) is 1. The van der Waals surface area contributed by atoms with Gasteiger partial charge in [0.1, 0.15) is 17.4 Å². The van der Waals surface area contributed by atoms with E-state index in [1.54, 1.807) is 20.8 Å². The fourth-order valence-electron chi connectivity index (χ4n) is 3.48. The monoisotopic (exact) mass is 419 g/mol. The Bertz CT molecular complexity index is 1350. The highest BCUT2D eigenvalue weighted by molar-refractivity contribution is 8.00. The van der Waals surface area contributed by atoms with Crippen LogP contribution in [-0.4, -0.2) is 25.8 Å². The first-order chi connectivity index (χ1) is 14.3. The topological polar surface area (TPSA) is 96.2 Å². The van der Waals surface area contributed by atoms with Gasteiger partial charge in [-0.1, -0.05) is 30.0 Å². The number of thioether (sulfide) groups is 1. The number of aryl methyl sites for hydroxylation is 3. The highest BCUT2D eigenvalue weighted by atomic mass is 32.2. The number of aromatic nitrogens is 3. The molecule has 0 spiro atoms. The molecule has 1 aromatic carbocycles. The molecule has 0 aliphatic rings. The normalized spacial score (nSPS) is 12.3. The van der Waals surface area contributed by atoms with Crippen LogP contribution in [0.4, 0.5) is 5.88 Å². The molecule has 152 valence electrons. The third kappa shape index (κ3) is 3.21. The summed E-state index contributed by atoms with van der Waals surface area (Å²) in [5, 5.41) is 22.0. The maximum absolute atomic E-state index is 12.8. The van der Waals surface area contributed by atoms with Gasteiger partial charge in [-0.3, -0.25) is 14.5 Å². The minimum atomic E-state index is -0.477. The van der Waals surface area contributed by atoms with E-state index < -0.39 is 5.25 Å². The number of para-hydroxylation sites is 1. The van der Waals surface area contributed by atoms with Gasteiger partial charge in [-0.05, 0) is 51.8 Å². The van der Waals surface area contributed by atoms with E-state index in [0.717, 1.165) is 33.2 Å². The van der Waals surface area contributed by atoms with Gasteiger partial charge in [-0.2, -0.15) is 5.26 Å². The summed E-state index contributed by atoms with van der Waals surface area (Å²) < 4.78 is 7.55. The molecule has 4 rings (SSSR count). The van der Waals surface area contributed by atoms with E-state index in [9.17, 15) is 10.1 Å². The molecule has 4 aromatic rings. The largest absolute Gasteiger partial charge is 0.444 e. The highest BCUT2D eigenvalue weighted by Crippen LogP contribution is 2.31. The Morgan fingerprint density at radius 3 is 2.73 bits per heavy atom. The molecule has 1 N–H and O–H groups in total. The second-order valence-corrected chi connectivity index (χ2v) is 8.63. The second-order valence-electron chi connectivity index (χ2n) is 7.32. The Morgan fingerprint density at radius 2 is 2.00 bits per heavy atom. The van der Waals surface area contributed by atoms with E-state index in [1.807, 2.05) is 16.5 Å². The molecule has 30 heavy (non-hydrogen) atoms. The number of hydrogen-bond acceptors (Lipinski definition) is 6. The zero-order valence-electron chi connectivity index (χ0n) is 17.4. The molecule has 0 saturated heterocycles. The van der Waals surface area contributed by atoms with Gasteiger partial charge in [0.05, 0.1) is 10.8 Å². The average Bonchev–Trinajstić information content (AvgIpc) is 3.22. The van der Waals surface area contributed by atoms with Crippen molar-refractivity contribution in [3.8, 4) is 6.07 Å². The number of pyridine rings is 1. The molecular formula is C22H21N5O2S. The van der Waals surface area contributed by atoms with Gasteiger partial charge in [0.2, 0.25) is 11.8 Å². The summed E-state index contributed by atoms with van der Waals surface area (Å²) in [7, 11) is 0. The molecule has 7 nitrogen and oxygen atoms in total. The Hall–Kier alpha value is -3.31. The highest BCUT2D eigenvalue weighted by Gasteiger charge is 2.23. The predicted octanol–water partition coefficient (Wildman–Crippen LogP) is 4.70. The molecule has 0 saturated carbocycles. The van der Waals surface area contributed by atoms with Crippen LogP contribution in [0.25, 0.3) is 16.6 Å². The number of nitrogens with zero attached hydrogens (tertiary/aromatic N) is 4. The zero-order chi connectivity index (χ0) is 21.6. The zero-order valence-corrected chi connectivity index (χ0v) is 18.2. The molecule has 0 bridgehead atoms. The smallest absolute Gasteiger partial charge is 0.240 e. The SMILES string of the molecule is Cc1oc(NC(=O)C(C)Sc2nnc3cc(C)c4cccc(C)c4n23)c(C#N)c1C. The fourth-order valence-corrected chi connectivity index (χ4v) is 4.34. The minimum absolute atomic E-state index is 0.188. The number of amides is 1. The van der Waals surface area contributed by atoms with Crippen molar-refractivity contribution >= 4 is 40.1 Å². The van der Waals surface area contributed by atoms with Crippen LogP contribution in [-0.2, 0) is 4.79 Å². The van der Waals surface area contributed by atoms with Crippen LogP contribution in [0.2, 0.25) is 0 Å². The molecule has 1 unspecified atom stereocenters. The van der Waals surface area contributed by atoms with E-state index in [0.29, 0.717) is 16.5 Å². The number of benzene rings is 1. The van der Waals surface area contributed by atoms with Crippen molar-refractivity contribution in [1.29, 1.82) is 5.26 Å². The first kappa shape index (κ1) is 20.0. The third-order valence-corrected chi connectivity index (χ3v) is 6.32. The molecule has 0 aliphatic heterocycles. The average molecular weight is 420 g/mol. The van der Waals surface area contributed by atoms with Gasteiger partial charge >= 0.3 is 0 Å². The molecule has 0 radical (unpaired) electrons. The number of rotatable bonds is 4. The van der Waals surface area contributed by atoms with Crippen LogP contribution in [0.5, 0.6) is 0 Å². The number of anilines is 1. The van der Waals surface area contributed by atoms with E-state index in [4.69, 9.17) is 4.42 Å². The number of carbonyl (C=O) groups is 1. The van der Waals surface area contributed by atoms with Crippen molar-refractivity contribution in [3.05, 3.63) is 52.3 Å². The Labute approximate surface area is 178 Å². The van der Waals surface area contributed by atoms with Crippen molar-refractivity contribution in [2.75, 3.05) is 5.32 Å². The third-order valence-electron chi connectivity index (χ3n) is 5.28. The standard InChI is InChI=1S/C22H21N5O2S/c1-11-7-6-8-16-12(2)9-18-25-26-22(27(18)19(11)16)30-15(5)20(28)24-21-17(10-23)13(3)14(4)29-21/h6-9,15H,1-5H3,(H,24,28). The summed E-state index contributed by atoms with van der Waals surface area (Å²) in [6, 6.07) is 10.2. The van der Waals surface area contributed by atoms with Crippen LogP contribution in [0.15, 0.2) is 33.8 Å². The molecule has 0 fully saturated rings. The van der Waals surface area contributed by atoms with Crippen molar-refractivity contribution in [2.24, 2.45) is 0 Å². The summed E-state index contributed by atoms with van der Waals surface area (Å²) in [4.78, 5) is 12.8. The van der Waals surface area contributed by atoms with E-state index in [2.05, 4.69) is 47.6 Å². The summed E-state index contributed by atoms with van der Waals surface area (Å²) in [6.45, 7) is 9.46. The van der Waals surface area contributed by atoms with E-state index in [1.165, 1.54) is 11.8 Å². The van der Waals surface area contributed by atoms with Crippen molar-refractivity contribution in [3.63, 3.8) is 0 Å². The van der Waals surface area contributed by atoms with Crippen LogP contribution >= 0.6 is 11.8 Å². The molecule has 8 heteroatoms. The maximum atomic E-state index is 12.8. The lowest BCUT2D eigenvalue weighted by Gasteiger charge is -2.12. The number of carbonyl (C=O) groups excluding carboxylic acids is 1. The van der Waals surface area contributed by atoms with E-state index in [-0.39, 0.29) is 11.8 Å². The summed E-state index contributed by atoms with van der Waals surface area (Å²) >= 11 is 1.31. The van der Waals surface area contributed by atoms with Gasteiger partial charge < -0.3 is 4.42 Å². The van der Waals surface area contributed by atoms with Gasteiger partial charge in [0.15, 0.2) is 10.8 Å². The lowest BCUT2D eigenvalue weighted by atomic mass is 10.1. The van der Waals surface area contributed by atoms with Crippen LogP contribution in [0.1, 0.15) is 34.9 Å². The number of fused-ring (bicyclic) bond motifs is 3. The maximum Gasteiger partial charge on any atom is 0.240 e. The number of hydrogen-bond donors (Lipinski definition) is 1. The molecule has 0 aliphatic carbocycles. The van der Waals surface area contributed by atoms with Crippen molar-refractivity contribution in [1.82, 2.24) is 14.6 Å². The van der Waals surface area contributed by atoms with Gasteiger partial charge in [0.25, 0.3) is 0 Å². The lowest BCUT2D eigenvalue weighted by molar-refractivity contribution is -0.115. The van der Waals surface area contributed by atoms with Gasteiger partial charge in [0, 0.05) is 10.9 Å². The lowest BCUT2D eigenvalue weighted by Crippen LogP contribution is -2.23. The first-order valence-corrected chi connectivity index (χ1v) is 10.4. The summed E-state index contributed by atoms with van der Waals surface area (Å²) in [6.07, 6.45) is 0. The Balaban J connectivity index is 1.67. The second kappa shape index (κ2) is 7.50. The van der Waals surface area contributed by atoms with Crippen molar-refractivity contribution in [2.45, 2.75) is 45.0 Å². The molecule has 3 heterocycles.